The van der Waals surface area contributed by atoms with Crippen LogP contribution in [0.15, 0.2) is 12.3 Å². The van der Waals surface area contributed by atoms with Crippen LogP contribution in [0.2, 0.25) is 0 Å². The van der Waals surface area contributed by atoms with Crippen molar-refractivity contribution in [2.75, 3.05) is 19.7 Å². The number of halogens is 1. The first kappa shape index (κ1) is 17.7. The molecule has 1 saturated carbocycles. The number of rotatable bonds is 3. The van der Waals surface area contributed by atoms with E-state index in [1.54, 1.807) is 0 Å². The van der Waals surface area contributed by atoms with Crippen LogP contribution in [-0.4, -0.2) is 47.5 Å². The number of piperidine rings is 1. The zero-order valence-corrected chi connectivity index (χ0v) is 15.1. The average molecular weight is 355 g/mol. The number of aromatic nitrogens is 2. The molecule has 3 aliphatic rings. The van der Waals surface area contributed by atoms with Crippen molar-refractivity contribution in [3.63, 3.8) is 0 Å². The first-order valence-corrected chi connectivity index (χ1v) is 8.76. The van der Waals surface area contributed by atoms with Crippen molar-refractivity contribution in [1.82, 2.24) is 20.4 Å². The van der Waals surface area contributed by atoms with Crippen LogP contribution in [-0.2, 0) is 4.74 Å². The number of hydrogen-bond acceptors (Lipinski definition) is 4. The van der Waals surface area contributed by atoms with Gasteiger partial charge in [0.1, 0.15) is 5.69 Å². The predicted octanol–water partition coefficient (Wildman–Crippen LogP) is 1.77. The Balaban J connectivity index is 0.00000169. The van der Waals surface area contributed by atoms with Crippen molar-refractivity contribution in [2.24, 2.45) is 11.3 Å². The lowest BCUT2D eigenvalue weighted by molar-refractivity contribution is -0.108. The molecule has 0 radical (unpaired) electrons. The molecule has 24 heavy (non-hydrogen) atoms. The number of carbonyl (C=O) groups excluding carboxylic acids is 1. The molecule has 0 bridgehead atoms. The molecule has 1 aromatic heterocycles. The molecule has 1 aliphatic carbocycles. The minimum Gasteiger partial charge on any atom is -0.377 e. The highest BCUT2D eigenvalue weighted by molar-refractivity contribution is 5.92. The average Bonchev–Trinajstić information content (AvgIpc) is 3.21. The molecule has 1 aromatic rings. The second-order valence-corrected chi connectivity index (χ2v) is 7.70. The predicted molar refractivity (Wildman–Crippen MR) is 93.5 cm³/mol. The maximum absolute atomic E-state index is 12.6. The van der Waals surface area contributed by atoms with Gasteiger partial charge < -0.3 is 15.4 Å². The lowest BCUT2D eigenvalue weighted by atomic mass is 9.57. The van der Waals surface area contributed by atoms with Crippen molar-refractivity contribution < 1.29 is 9.53 Å². The first-order chi connectivity index (χ1) is 11.1. The van der Waals surface area contributed by atoms with E-state index >= 15 is 0 Å². The van der Waals surface area contributed by atoms with E-state index in [2.05, 4.69) is 29.6 Å². The maximum Gasteiger partial charge on any atom is 0.272 e. The van der Waals surface area contributed by atoms with Gasteiger partial charge in [0.25, 0.3) is 5.91 Å². The highest BCUT2D eigenvalue weighted by Crippen LogP contribution is 2.52. The van der Waals surface area contributed by atoms with Gasteiger partial charge in [-0.1, -0.05) is 13.8 Å². The molecule has 6 nitrogen and oxygen atoms in total. The van der Waals surface area contributed by atoms with Crippen molar-refractivity contribution in [2.45, 2.75) is 51.3 Å². The van der Waals surface area contributed by atoms with Gasteiger partial charge in [-0.2, -0.15) is 5.10 Å². The molecule has 4 rings (SSSR count). The van der Waals surface area contributed by atoms with Gasteiger partial charge in [0, 0.05) is 36.7 Å². The van der Waals surface area contributed by atoms with Crippen LogP contribution >= 0.6 is 12.4 Å². The number of nitrogens with one attached hydrogen (secondary N) is 2. The molecule has 1 amide bonds. The molecular formula is C17H27ClN4O2. The summed E-state index contributed by atoms with van der Waals surface area (Å²) >= 11 is 0. The molecule has 3 heterocycles. The highest BCUT2D eigenvalue weighted by atomic mass is 35.5. The fourth-order valence-electron chi connectivity index (χ4n) is 4.55. The quantitative estimate of drug-likeness (QED) is 0.868. The van der Waals surface area contributed by atoms with Crippen molar-refractivity contribution in [1.29, 1.82) is 0 Å². The third kappa shape index (κ3) is 2.85. The van der Waals surface area contributed by atoms with E-state index in [1.807, 2.05) is 16.9 Å². The zero-order chi connectivity index (χ0) is 16.0. The number of nitrogens with zero attached hydrogens (tertiary/aromatic N) is 2. The summed E-state index contributed by atoms with van der Waals surface area (Å²) in [6.45, 7) is 7.17. The van der Waals surface area contributed by atoms with E-state index in [1.165, 1.54) is 0 Å². The second kappa shape index (κ2) is 6.65. The summed E-state index contributed by atoms with van der Waals surface area (Å²) in [5.41, 5.74) is 0.529. The van der Waals surface area contributed by atoms with Gasteiger partial charge >= 0.3 is 0 Å². The molecule has 2 N–H and O–H groups in total. The van der Waals surface area contributed by atoms with Crippen LogP contribution in [0.1, 0.15) is 49.6 Å². The lowest BCUT2D eigenvalue weighted by Crippen LogP contribution is -2.66. The monoisotopic (exact) mass is 354 g/mol. The van der Waals surface area contributed by atoms with Crippen LogP contribution in [0.5, 0.6) is 0 Å². The summed E-state index contributed by atoms with van der Waals surface area (Å²) in [4.78, 5) is 12.6. The smallest absolute Gasteiger partial charge is 0.272 e. The van der Waals surface area contributed by atoms with Gasteiger partial charge in [-0.3, -0.25) is 9.48 Å². The van der Waals surface area contributed by atoms with Gasteiger partial charge in [-0.25, -0.2) is 0 Å². The van der Waals surface area contributed by atoms with Crippen LogP contribution in [0, 0.1) is 11.3 Å². The van der Waals surface area contributed by atoms with E-state index in [0.717, 1.165) is 39.0 Å². The molecule has 0 spiro atoms. The summed E-state index contributed by atoms with van der Waals surface area (Å²) in [5.74, 6) is 0.398. The van der Waals surface area contributed by atoms with Crippen molar-refractivity contribution >= 4 is 18.3 Å². The molecule has 4 atom stereocenters. The summed E-state index contributed by atoms with van der Waals surface area (Å²) in [7, 11) is 0. The number of fused-ring (bicyclic) bond motifs is 1. The van der Waals surface area contributed by atoms with Gasteiger partial charge in [0.15, 0.2) is 0 Å². The molecule has 2 aliphatic heterocycles. The standard InChI is InChI=1S/C17H26N4O2.ClH/c1-17(2)14(12-6-9-23-15(12)17)19-16(22)13-5-8-21(20-13)11-4-3-7-18-10-11;/h5,8,11-12,14-15,18H,3-4,6-7,9-10H2,1-2H3,(H,19,22);1H. The number of amides is 1. The van der Waals surface area contributed by atoms with Crippen LogP contribution < -0.4 is 10.6 Å². The summed E-state index contributed by atoms with van der Waals surface area (Å²) in [6, 6.07) is 2.38. The number of carbonyl (C=O) groups is 1. The minimum absolute atomic E-state index is 0. The topological polar surface area (TPSA) is 68.2 Å². The molecular weight excluding hydrogens is 328 g/mol. The van der Waals surface area contributed by atoms with Crippen molar-refractivity contribution in [3.8, 4) is 0 Å². The number of hydrogen-bond donors (Lipinski definition) is 2. The number of ether oxygens (including phenoxy) is 1. The summed E-state index contributed by atoms with van der Waals surface area (Å²) < 4.78 is 7.73. The molecule has 2 saturated heterocycles. The Bertz CT molecular complexity index is 597. The van der Waals surface area contributed by atoms with Crippen molar-refractivity contribution in [3.05, 3.63) is 18.0 Å². The van der Waals surface area contributed by atoms with Crippen LogP contribution in [0.4, 0.5) is 0 Å². The highest BCUT2D eigenvalue weighted by Gasteiger charge is 2.59. The summed E-state index contributed by atoms with van der Waals surface area (Å²) in [5, 5.41) is 11.1. The molecule has 7 heteroatoms. The molecule has 0 aromatic carbocycles. The van der Waals surface area contributed by atoms with Gasteiger partial charge in [0.2, 0.25) is 0 Å². The Morgan fingerprint density at radius 2 is 2.29 bits per heavy atom. The van der Waals surface area contributed by atoms with Crippen LogP contribution in [0.25, 0.3) is 0 Å². The Labute approximate surface area is 149 Å². The van der Waals surface area contributed by atoms with E-state index < -0.39 is 0 Å². The maximum atomic E-state index is 12.6. The Morgan fingerprint density at radius 3 is 3.04 bits per heavy atom. The van der Waals surface area contributed by atoms with Gasteiger partial charge in [-0.05, 0) is 31.9 Å². The SMILES string of the molecule is CC1(C)C(NC(=O)c2ccn(C3CCCNC3)n2)C2CCOC21.Cl. The normalized spacial score (nSPS) is 33.9. The van der Waals surface area contributed by atoms with Crippen LogP contribution in [0.3, 0.4) is 0 Å². The lowest BCUT2D eigenvalue weighted by Gasteiger charge is -2.54. The summed E-state index contributed by atoms with van der Waals surface area (Å²) in [6.07, 6.45) is 5.54. The fraction of sp³-hybridized carbons (Fsp3) is 0.765. The molecule has 3 fully saturated rings. The molecule has 134 valence electrons. The van der Waals surface area contributed by atoms with E-state index in [0.29, 0.717) is 23.8 Å². The molecule has 4 unspecified atom stereocenters. The Morgan fingerprint density at radius 1 is 1.46 bits per heavy atom. The largest absolute Gasteiger partial charge is 0.377 e. The fourth-order valence-corrected chi connectivity index (χ4v) is 4.55. The third-order valence-corrected chi connectivity index (χ3v) is 5.87. The minimum atomic E-state index is -0.0593. The van der Waals surface area contributed by atoms with Gasteiger partial charge in [-0.15, -0.1) is 12.4 Å². The Kier molecular flexibility index (Phi) is 4.91. The first-order valence-electron chi connectivity index (χ1n) is 8.76. The van der Waals surface area contributed by atoms with E-state index in [9.17, 15) is 4.79 Å². The second-order valence-electron chi connectivity index (χ2n) is 7.70. The van der Waals surface area contributed by atoms with E-state index in [4.69, 9.17) is 4.74 Å². The van der Waals surface area contributed by atoms with E-state index in [-0.39, 0.29) is 29.8 Å². The van der Waals surface area contributed by atoms with Gasteiger partial charge in [0.05, 0.1) is 12.1 Å². The zero-order valence-electron chi connectivity index (χ0n) is 14.3. The Hall–Kier alpha value is -1.11. The third-order valence-electron chi connectivity index (χ3n) is 5.87.